The molecule has 0 unspecified atom stereocenters. The summed E-state index contributed by atoms with van der Waals surface area (Å²) >= 11 is 5.24. The molecule has 0 bridgehead atoms. The summed E-state index contributed by atoms with van der Waals surface area (Å²) in [6.45, 7) is 0. The lowest BCUT2D eigenvalue weighted by atomic mass is 9.72. The van der Waals surface area contributed by atoms with E-state index in [2.05, 4.69) is 0 Å². The molecule has 34 heavy (non-hydrogen) atoms. The van der Waals surface area contributed by atoms with Crippen molar-refractivity contribution in [2.45, 2.75) is 17.8 Å². The minimum Gasteiger partial charge on any atom is -0.457 e. The van der Waals surface area contributed by atoms with Gasteiger partial charge in [-0.3, -0.25) is 14.9 Å². The number of carbonyl (C=O) groups excluding carboxylic acids is 1. The van der Waals surface area contributed by atoms with Gasteiger partial charge in [-0.25, -0.2) is 0 Å². The number of carbonyl (C=O) groups is 1. The molecule has 0 saturated carbocycles. The molecule has 0 amide bonds. The summed E-state index contributed by atoms with van der Waals surface area (Å²) in [5.41, 5.74) is -7.19. The van der Waals surface area contributed by atoms with Gasteiger partial charge in [0, 0.05) is 17.7 Å². The fourth-order valence-corrected chi connectivity index (χ4v) is 3.50. The Bertz CT molecular complexity index is 1180. The second-order valence-corrected chi connectivity index (χ2v) is 7.32. The first-order valence-corrected chi connectivity index (χ1v) is 9.62. The molecule has 0 aliphatic heterocycles. The second-order valence-electron chi connectivity index (χ2n) is 6.97. The maximum atomic E-state index is 14.2. The van der Waals surface area contributed by atoms with E-state index in [1.165, 1.54) is 12.1 Å². The predicted molar refractivity (Wildman–Crippen MR) is 109 cm³/mol. The third kappa shape index (κ3) is 4.56. The van der Waals surface area contributed by atoms with Gasteiger partial charge < -0.3 is 4.74 Å². The molecule has 0 aromatic heterocycles. The van der Waals surface area contributed by atoms with Crippen LogP contribution in [0, 0.1) is 10.1 Å². The molecule has 3 rings (SSSR count). The van der Waals surface area contributed by atoms with Crippen LogP contribution in [0.3, 0.4) is 0 Å². The van der Waals surface area contributed by atoms with E-state index in [0.29, 0.717) is 24.3 Å². The number of benzene rings is 3. The van der Waals surface area contributed by atoms with E-state index in [1.807, 2.05) is 0 Å². The summed E-state index contributed by atoms with van der Waals surface area (Å²) in [7, 11) is 0. The highest BCUT2D eigenvalue weighted by molar-refractivity contribution is 6.67. The van der Waals surface area contributed by atoms with Crippen LogP contribution >= 0.6 is 11.6 Å². The van der Waals surface area contributed by atoms with Crippen molar-refractivity contribution >= 4 is 22.5 Å². The molecule has 0 radical (unpaired) electrons. The Morgan fingerprint density at radius 3 is 1.47 bits per heavy atom. The highest BCUT2D eigenvalue weighted by Crippen LogP contribution is 2.56. The quantitative estimate of drug-likeness (QED) is 0.155. The first kappa shape index (κ1) is 25.0. The second kappa shape index (κ2) is 8.98. The number of halogens is 7. The molecule has 0 spiro atoms. The zero-order valence-electron chi connectivity index (χ0n) is 16.7. The minimum absolute atomic E-state index is 0.0811. The molecule has 0 N–H and O–H groups in total. The highest BCUT2D eigenvalue weighted by atomic mass is 35.5. The number of nitro benzene ring substituents is 1. The average molecular weight is 504 g/mol. The highest BCUT2D eigenvalue weighted by Gasteiger charge is 2.72. The minimum atomic E-state index is -5.81. The van der Waals surface area contributed by atoms with Crippen LogP contribution in [-0.4, -0.2) is 22.5 Å². The molecule has 0 aliphatic carbocycles. The number of non-ortho nitro benzene ring substituents is 1. The van der Waals surface area contributed by atoms with Crippen LogP contribution in [0.25, 0.3) is 0 Å². The molecule has 0 atom stereocenters. The summed E-state index contributed by atoms with van der Waals surface area (Å²) < 4.78 is 90.3. The van der Waals surface area contributed by atoms with Crippen molar-refractivity contribution in [3.8, 4) is 11.5 Å². The van der Waals surface area contributed by atoms with Crippen LogP contribution in [0.1, 0.15) is 21.5 Å². The van der Waals surface area contributed by atoms with Gasteiger partial charge in [-0.05, 0) is 59.1 Å². The fourth-order valence-electron chi connectivity index (χ4n) is 3.38. The zero-order chi connectivity index (χ0) is 25.3. The summed E-state index contributed by atoms with van der Waals surface area (Å²) in [5, 5.41) is 9.65. The number of hydrogen-bond donors (Lipinski definition) is 0. The smallest absolute Gasteiger partial charge is 0.411 e. The SMILES string of the molecule is O=C(Cl)c1ccc(C(c2ccc(Oc3ccc([N+](=O)[O-])cc3)cc2)(C(F)(F)F)C(F)(F)F)cc1. The lowest BCUT2D eigenvalue weighted by Gasteiger charge is -2.38. The van der Waals surface area contributed by atoms with E-state index < -0.39 is 39.1 Å². The first-order valence-electron chi connectivity index (χ1n) is 9.24. The maximum absolute atomic E-state index is 14.2. The monoisotopic (exact) mass is 503 g/mol. The number of alkyl halides is 6. The Hall–Kier alpha value is -3.60. The molecule has 0 aliphatic rings. The molecule has 12 heteroatoms. The van der Waals surface area contributed by atoms with Gasteiger partial charge >= 0.3 is 12.4 Å². The van der Waals surface area contributed by atoms with E-state index in [1.54, 1.807) is 0 Å². The van der Waals surface area contributed by atoms with Crippen molar-refractivity contribution in [2.24, 2.45) is 0 Å². The van der Waals surface area contributed by atoms with E-state index in [9.17, 15) is 41.3 Å². The van der Waals surface area contributed by atoms with Crippen molar-refractivity contribution in [2.75, 3.05) is 0 Å². The zero-order valence-corrected chi connectivity index (χ0v) is 17.4. The molecule has 0 heterocycles. The molecular formula is C22H12ClF6NO4. The van der Waals surface area contributed by atoms with Gasteiger partial charge in [-0.15, -0.1) is 0 Å². The maximum Gasteiger partial charge on any atom is 0.411 e. The summed E-state index contributed by atoms with van der Waals surface area (Å²) in [5.74, 6) is -0.0171. The standard InChI is InChI=1S/C22H12ClF6NO4/c23-19(31)13-1-3-14(4-2-13)20(21(24,25)26,22(27,28)29)15-5-9-17(10-6-15)34-18-11-7-16(8-12-18)30(32)33/h1-12H. The van der Waals surface area contributed by atoms with Crippen molar-refractivity contribution in [1.29, 1.82) is 0 Å². The van der Waals surface area contributed by atoms with E-state index in [0.717, 1.165) is 36.4 Å². The molecule has 3 aromatic carbocycles. The molecular weight excluding hydrogens is 492 g/mol. The lowest BCUT2D eigenvalue weighted by Crippen LogP contribution is -2.54. The van der Waals surface area contributed by atoms with Crippen molar-refractivity contribution in [3.63, 3.8) is 0 Å². The Morgan fingerprint density at radius 2 is 1.12 bits per heavy atom. The van der Waals surface area contributed by atoms with Crippen LogP contribution in [0.15, 0.2) is 72.8 Å². The molecule has 3 aromatic rings. The van der Waals surface area contributed by atoms with Crippen molar-refractivity contribution in [3.05, 3.63) is 99.6 Å². The van der Waals surface area contributed by atoms with E-state index in [4.69, 9.17) is 16.3 Å². The number of rotatable bonds is 6. The topological polar surface area (TPSA) is 69.4 Å². The Balaban J connectivity index is 2.06. The van der Waals surface area contributed by atoms with Gasteiger partial charge in [-0.1, -0.05) is 24.3 Å². The fraction of sp³-hybridized carbons (Fsp3) is 0.136. The van der Waals surface area contributed by atoms with Crippen LogP contribution in [-0.2, 0) is 5.41 Å². The molecule has 0 saturated heterocycles. The van der Waals surface area contributed by atoms with Crippen LogP contribution in [0.5, 0.6) is 11.5 Å². The van der Waals surface area contributed by atoms with Crippen LogP contribution in [0.4, 0.5) is 32.0 Å². The molecule has 5 nitrogen and oxygen atoms in total. The van der Waals surface area contributed by atoms with Gasteiger partial charge in [0.1, 0.15) is 11.5 Å². The number of nitrogens with zero attached hydrogens (tertiary/aromatic N) is 1. The van der Waals surface area contributed by atoms with Crippen molar-refractivity contribution < 1.29 is 40.8 Å². The predicted octanol–water partition coefficient (Wildman–Crippen LogP) is 7.18. The van der Waals surface area contributed by atoms with E-state index in [-0.39, 0.29) is 22.7 Å². The largest absolute Gasteiger partial charge is 0.457 e. The summed E-state index contributed by atoms with van der Waals surface area (Å²) in [4.78, 5) is 21.2. The van der Waals surface area contributed by atoms with Gasteiger partial charge in [0.15, 0.2) is 0 Å². The Morgan fingerprint density at radius 1 is 0.735 bits per heavy atom. The van der Waals surface area contributed by atoms with Crippen LogP contribution in [0.2, 0.25) is 0 Å². The average Bonchev–Trinajstić information content (AvgIpc) is 2.74. The molecule has 0 fully saturated rings. The molecule has 178 valence electrons. The van der Waals surface area contributed by atoms with Gasteiger partial charge in [0.2, 0.25) is 5.41 Å². The first-order chi connectivity index (χ1) is 15.8. The Labute approximate surface area is 192 Å². The van der Waals surface area contributed by atoms with Gasteiger partial charge in [-0.2, -0.15) is 26.3 Å². The number of ether oxygens (including phenoxy) is 1. The normalized spacial score (nSPS) is 12.3. The van der Waals surface area contributed by atoms with Gasteiger partial charge in [0.25, 0.3) is 10.9 Å². The van der Waals surface area contributed by atoms with Gasteiger partial charge in [0.05, 0.1) is 4.92 Å². The van der Waals surface area contributed by atoms with Crippen LogP contribution < -0.4 is 4.74 Å². The Kier molecular flexibility index (Phi) is 6.61. The lowest BCUT2D eigenvalue weighted by molar-refractivity contribution is -0.384. The third-order valence-electron chi connectivity index (χ3n) is 4.97. The summed E-state index contributed by atoms with van der Waals surface area (Å²) in [6.07, 6.45) is -11.6. The number of hydrogen-bond acceptors (Lipinski definition) is 4. The number of nitro groups is 1. The van der Waals surface area contributed by atoms with Crippen molar-refractivity contribution in [1.82, 2.24) is 0 Å². The van der Waals surface area contributed by atoms with E-state index >= 15 is 0 Å². The summed E-state index contributed by atoms with van der Waals surface area (Å²) in [6, 6.07) is 10.4. The third-order valence-corrected chi connectivity index (χ3v) is 5.18.